The van der Waals surface area contributed by atoms with Crippen molar-refractivity contribution in [2.75, 3.05) is 19.0 Å². The molecule has 1 saturated heterocycles. The molecule has 1 fully saturated rings. The number of imide groups is 1. The average Bonchev–Trinajstić information content (AvgIpc) is 2.76. The van der Waals surface area contributed by atoms with Crippen LogP contribution in [-0.4, -0.2) is 52.1 Å². The van der Waals surface area contributed by atoms with E-state index in [-0.39, 0.29) is 11.5 Å². The molecule has 0 saturated carbocycles. The molecule has 0 aromatic heterocycles. The van der Waals surface area contributed by atoms with Crippen LogP contribution in [0.25, 0.3) is 0 Å². The topological polar surface area (TPSA) is 65.0 Å². The molecule has 0 spiro atoms. The lowest BCUT2D eigenvalue weighted by Crippen LogP contribution is -2.43. The molecule has 1 aromatic rings. The van der Waals surface area contributed by atoms with Crippen molar-refractivity contribution in [1.82, 2.24) is 10.2 Å². The minimum Gasteiger partial charge on any atom is -0.297 e. The Morgan fingerprint density at radius 2 is 1.84 bits per heavy atom. The SMILES string of the molecule is CNC(N=C1C(=O)N(C)C(=O)N1c1ccccc1F)C(Cl)C(Cl)(Cl)Cl. The van der Waals surface area contributed by atoms with Gasteiger partial charge in [0, 0.05) is 7.05 Å². The third-order valence-corrected chi connectivity index (χ3v) is 5.03. The van der Waals surface area contributed by atoms with Gasteiger partial charge >= 0.3 is 6.03 Å². The van der Waals surface area contributed by atoms with E-state index in [9.17, 15) is 14.0 Å². The zero-order valence-corrected chi connectivity index (χ0v) is 16.0. The van der Waals surface area contributed by atoms with E-state index in [0.29, 0.717) is 0 Å². The number of rotatable bonds is 4. The molecule has 1 N–H and O–H groups in total. The lowest BCUT2D eigenvalue weighted by atomic mass is 10.2. The van der Waals surface area contributed by atoms with Crippen molar-refractivity contribution in [3.05, 3.63) is 30.1 Å². The fourth-order valence-electron chi connectivity index (χ4n) is 2.12. The van der Waals surface area contributed by atoms with Gasteiger partial charge in [0.1, 0.15) is 17.4 Å². The minimum atomic E-state index is -1.89. The number of carbonyl (C=O) groups excluding carboxylic acids is 2. The molecule has 2 rings (SSSR count). The molecule has 2 atom stereocenters. The number of anilines is 1. The van der Waals surface area contributed by atoms with Gasteiger partial charge in [-0.3, -0.25) is 15.0 Å². The summed E-state index contributed by atoms with van der Waals surface area (Å²) in [5.74, 6) is -1.77. The van der Waals surface area contributed by atoms with Gasteiger partial charge < -0.3 is 0 Å². The van der Waals surface area contributed by atoms with E-state index in [4.69, 9.17) is 46.4 Å². The van der Waals surface area contributed by atoms with Gasteiger partial charge in [-0.05, 0) is 19.2 Å². The number of carbonyl (C=O) groups is 2. The van der Waals surface area contributed by atoms with Crippen LogP contribution in [0.1, 0.15) is 0 Å². The third-order valence-electron chi connectivity index (χ3n) is 3.43. The Kier molecular flexibility index (Phi) is 6.17. The first-order valence-corrected chi connectivity index (χ1v) is 8.49. The number of nitrogens with zero attached hydrogens (tertiary/aromatic N) is 3. The first-order valence-electron chi connectivity index (χ1n) is 6.92. The summed E-state index contributed by atoms with van der Waals surface area (Å²) in [5.41, 5.74) is -0.126. The molecule has 1 aliphatic rings. The second kappa shape index (κ2) is 7.63. The summed E-state index contributed by atoms with van der Waals surface area (Å²) in [6, 6.07) is 4.72. The number of amidine groups is 1. The molecule has 6 nitrogen and oxygen atoms in total. The highest BCUT2D eigenvalue weighted by molar-refractivity contribution is 6.70. The molecule has 11 heteroatoms. The van der Waals surface area contributed by atoms with Crippen LogP contribution in [0, 0.1) is 5.82 Å². The number of likely N-dealkylation sites (N-methyl/N-ethyl adjacent to an activating group) is 1. The highest BCUT2D eigenvalue weighted by atomic mass is 35.6. The number of hydrogen-bond donors (Lipinski definition) is 1. The van der Waals surface area contributed by atoms with Crippen LogP contribution in [0.4, 0.5) is 14.9 Å². The maximum absolute atomic E-state index is 14.1. The van der Waals surface area contributed by atoms with Gasteiger partial charge in [-0.25, -0.2) is 19.1 Å². The van der Waals surface area contributed by atoms with Crippen LogP contribution in [-0.2, 0) is 4.79 Å². The first-order chi connectivity index (χ1) is 11.6. The van der Waals surface area contributed by atoms with E-state index in [1.807, 2.05) is 0 Å². The number of hydrogen-bond acceptors (Lipinski definition) is 4. The number of alkyl halides is 4. The Morgan fingerprint density at radius 1 is 1.24 bits per heavy atom. The largest absolute Gasteiger partial charge is 0.337 e. The standard InChI is InChI=1S/C14H13Cl4FN4O2/c1-20-10(9(15)14(16,17)18)21-11-12(24)22(2)13(25)23(11)8-6-4-3-5-7(8)19/h3-6,9-10,20H,1-2H3. The number of nitrogens with one attached hydrogen (secondary N) is 1. The predicted octanol–water partition coefficient (Wildman–Crippen LogP) is 3.15. The van der Waals surface area contributed by atoms with Crippen LogP contribution >= 0.6 is 46.4 Å². The summed E-state index contributed by atoms with van der Waals surface area (Å²) in [5, 5.41) is 1.54. The zero-order chi connectivity index (χ0) is 18.9. The van der Waals surface area contributed by atoms with Gasteiger partial charge in [0.15, 0.2) is 0 Å². The maximum atomic E-state index is 14.1. The lowest BCUT2D eigenvalue weighted by Gasteiger charge is -2.25. The van der Waals surface area contributed by atoms with Crippen molar-refractivity contribution in [1.29, 1.82) is 0 Å². The van der Waals surface area contributed by atoms with Crippen molar-refractivity contribution in [3.63, 3.8) is 0 Å². The van der Waals surface area contributed by atoms with E-state index < -0.39 is 33.1 Å². The van der Waals surface area contributed by atoms with E-state index in [0.717, 1.165) is 15.9 Å². The number of aliphatic imine (C=N–C) groups is 1. The van der Waals surface area contributed by atoms with Crippen LogP contribution in [0.5, 0.6) is 0 Å². The normalized spacial score (nSPS) is 19.7. The van der Waals surface area contributed by atoms with E-state index in [1.165, 1.54) is 32.3 Å². The Labute approximate surface area is 163 Å². The Hall–Kier alpha value is -1.12. The number of benzene rings is 1. The fourth-order valence-corrected chi connectivity index (χ4v) is 2.66. The van der Waals surface area contributed by atoms with Gasteiger partial charge in [0.2, 0.25) is 9.63 Å². The lowest BCUT2D eigenvalue weighted by molar-refractivity contribution is -0.119. The first kappa shape index (κ1) is 20.2. The van der Waals surface area contributed by atoms with E-state index in [2.05, 4.69) is 10.3 Å². The van der Waals surface area contributed by atoms with Crippen molar-refractivity contribution < 1.29 is 14.0 Å². The molecule has 0 aliphatic carbocycles. The Morgan fingerprint density at radius 3 is 2.36 bits per heavy atom. The molecule has 1 heterocycles. The Balaban J connectivity index is 2.53. The Bertz CT molecular complexity index is 725. The van der Waals surface area contributed by atoms with Crippen molar-refractivity contribution in [3.8, 4) is 0 Å². The molecular weight excluding hydrogens is 417 g/mol. The number of halogens is 5. The second-order valence-electron chi connectivity index (χ2n) is 5.06. The molecule has 1 aromatic carbocycles. The minimum absolute atomic E-state index is 0.126. The molecule has 0 bridgehead atoms. The molecular formula is C14H13Cl4FN4O2. The van der Waals surface area contributed by atoms with Crippen LogP contribution in [0.3, 0.4) is 0 Å². The van der Waals surface area contributed by atoms with Crippen LogP contribution < -0.4 is 10.2 Å². The summed E-state index contributed by atoms with van der Waals surface area (Å²) in [7, 11) is 2.74. The highest BCUT2D eigenvalue weighted by Gasteiger charge is 2.44. The quantitative estimate of drug-likeness (QED) is 0.590. The summed E-state index contributed by atoms with van der Waals surface area (Å²) >= 11 is 23.4. The van der Waals surface area contributed by atoms with E-state index in [1.54, 1.807) is 0 Å². The van der Waals surface area contributed by atoms with Gasteiger partial charge in [-0.15, -0.1) is 11.6 Å². The molecule has 1 aliphatic heterocycles. The average molecular weight is 430 g/mol. The summed E-state index contributed by atoms with van der Waals surface area (Å²) < 4.78 is 12.2. The third kappa shape index (κ3) is 4.01. The van der Waals surface area contributed by atoms with Crippen LogP contribution in [0.15, 0.2) is 29.3 Å². The van der Waals surface area contributed by atoms with Gasteiger partial charge in [-0.1, -0.05) is 46.9 Å². The van der Waals surface area contributed by atoms with Crippen molar-refractivity contribution in [2.24, 2.45) is 4.99 Å². The monoisotopic (exact) mass is 428 g/mol. The highest BCUT2D eigenvalue weighted by Crippen LogP contribution is 2.36. The van der Waals surface area contributed by atoms with Gasteiger partial charge in [0.05, 0.1) is 5.69 Å². The zero-order valence-electron chi connectivity index (χ0n) is 13.0. The summed E-state index contributed by atoms with van der Waals surface area (Å²) in [4.78, 5) is 30.5. The maximum Gasteiger partial charge on any atom is 0.337 e. The fraction of sp³-hybridized carbons (Fsp3) is 0.357. The number of para-hydroxylation sites is 1. The molecule has 3 amide bonds. The second-order valence-corrected chi connectivity index (χ2v) is 7.90. The van der Waals surface area contributed by atoms with Crippen LogP contribution in [0.2, 0.25) is 0 Å². The molecule has 136 valence electrons. The summed E-state index contributed by atoms with van der Waals surface area (Å²) in [6.45, 7) is 0. The van der Waals surface area contributed by atoms with Crippen molar-refractivity contribution in [2.45, 2.75) is 15.3 Å². The molecule has 2 unspecified atom stereocenters. The van der Waals surface area contributed by atoms with Crippen molar-refractivity contribution >= 4 is 69.9 Å². The number of urea groups is 1. The molecule has 0 radical (unpaired) electrons. The number of amides is 3. The molecule has 25 heavy (non-hydrogen) atoms. The van der Waals surface area contributed by atoms with E-state index >= 15 is 0 Å². The predicted molar refractivity (Wildman–Crippen MR) is 97.3 cm³/mol. The smallest absolute Gasteiger partial charge is 0.297 e. The summed E-state index contributed by atoms with van der Waals surface area (Å²) in [6.07, 6.45) is -1.03. The van der Waals surface area contributed by atoms with Gasteiger partial charge in [-0.2, -0.15) is 0 Å². The van der Waals surface area contributed by atoms with Gasteiger partial charge in [0.25, 0.3) is 5.91 Å².